The summed E-state index contributed by atoms with van der Waals surface area (Å²) in [5.74, 6) is 0.478. The molecule has 2 heterocycles. The molecule has 1 fully saturated rings. The van der Waals surface area contributed by atoms with E-state index in [2.05, 4.69) is 15.0 Å². The lowest BCUT2D eigenvalue weighted by molar-refractivity contribution is -0.143. The molecule has 0 amide bonds. The van der Waals surface area contributed by atoms with Crippen LogP contribution in [-0.2, 0) is 14.9 Å². The van der Waals surface area contributed by atoms with Crippen LogP contribution in [0, 0.1) is 6.92 Å². The van der Waals surface area contributed by atoms with Crippen LogP contribution in [0.1, 0.15) is 24.4 Å². The first-order valence-electron chi connectivity index (χ1n) is 6.24. The normalized spacial score (nSPS) is 16.1. The van der Waals surface area contributed by atoms with Crippen molar-refractivity contribution in [3.63, 3.8) is 0 Å². The molecule has 1 N–H and O–H groups in total. The molecular weight excluding hydrogens is 242 g/mol. The highest BCUT2D eigenvalue weighted by atomic mass is 16.5. The Hall–Kier alpha value is -2.17. The van der Waals surface area contributed by atoms with E-state index in [0.717, 1.165) is 29.9 Å². The van der Waals surface area contributed by atoms with Crippen molar-refractivity contribution in [2.24, 2.45) is 0 Å². The molecule has 1 aliphatic carbocycles. The number of carbonyl (C=O) groups is 1. The SMILES string of the molecule is COC(=O)C1(c2nc(-c3ccccn3)c(C)[nH]2)CC1. The van der Waals surface area contributed by atoms with Gasteiger partial charge in [-0.05, 0) is 31.9 Å². The lowest BCUT2D eigenvalue weighted by Crippen LogP contribution is -2.23. The van der Waals surface area contributed by atoms with Gasteiger partial charge in [0.05, 0.1) is 12.8 Å². The van der Waals surface area contributed by atoms with Gasteiger partial charge in [-0.25, -0.2) is 4.98 Å². The van der Waals surface area contributed by atoms with Crippen LogP contribution in [0.4, 0.5) is 0 Å². The van der Waals surface area contributed by atoms with Crippen molar-refractivity contribution in [1.29, 1.82) is 0 Å². The average Bonchev–Trinajstić information content (AvgIpc) is 3.17. The maximum absolute atomic E-state index is 11.9. The summed E-state index contributed by atoms with van der Waals surface area (Å²) in [5, 5.41) is 0. The highest BCUT2D eigenvalue weighted by Crippen LogP contribution is 2.48. The Morgan fingerprint density at radius 3 is 2.79 bits per heavy atom. The quantitative estimate of drug-likeness (QED) is 0.854. The minimum absolute atomic E-state index is 0.214. The number of hydrogen-bond donors (Lipinski definition) is 1. The molecule has 0 bridgehead atoms. The molecular formula is C14H15N3O2. The fourth-order valence-electron chi connectivity index (χ4n) is 2.30. The van der Waals surface area contributed by atoms with Gasteiger partial charge in [0.1, 0.15) is 16.9 Å². The lowest BCUT2D eigenvalue weighted by Gasteiger charge is -2.08. The molecule has 0 unspecified atom stereocenters. The number of esters is 1. The Kier molecular flexibility index (Phi) is 2.62. The summed E-state index contributed by atoms with van der Waals surface area (Å²) in [6.45, 7) is 1.94. The van der Waals surface area contributed by atoms with Gasteiger partial charge in [-0.2, -0.15) is 0 Å². The van der Waals surface area contributed by atoms with Crippen LogP contribution in [0.2, 0.25) is 0 Å². The number of ether oxygens (including phenoxy) is 1. The molecule has 1 saturated carbocycles. The van der Waals surface area contributed by atoms with Crippen LogP contribution in [0.25, 0.3) is 11.4 Å². The van der Waals surface area contributed by atoms with E-state index in [4.69, 9.17) is 4.74 Å². The third kappa shape index (κ3) is 1.82. The van der Waals surface area contributed by atoms with Gasteiger partial charge >= 0.3 is 5.97 Å². The fraction of sp³-hybridized carbons (Fsp3) is 0.357. The predicted octanol–water partition coefficient (Wildman–Crippen LogP) is 1.98. The number of aryl methyl sites for hydroxylation is 1. The van der Waals surface area contributed by atoms with Crippen molar-refractivity contribution in [1.82, 2.24) is 15.0 Å². The van der Waals surface area contributed by atoms with Crippen molar-refractivity contribution in [3.05, 3.63) is 35.9 Å². The van der Waals surface area contributed by atoms with E-state index >= 15 is 0 Å². The maximum atomic E-state index is 11.9. The fourth-order valence-corrected chi connectivity index (χ4v) is 2.30. The minimum Gasteiger partial charge on any atom is -0.468 e. The summed E-state index contributed by atoms with van der Waals surface area (Å²) in [6.07, 6.45) is 3.30. The molecule has 3 rings (SSSR count). The second kappa shape index (κ2) is 4.19. The van der Waals surface area contributed by atoms with Crippen LogP contribution in [0.5, 0.6) is 0 Å². The predicted molar refractivity (Wildman–Crippen MR) is 69.5 cm³/mol. The molecule has 98 valence electrons. The number of nitrogens with one attached hydrogen (secondary N) is 1. The van der Waals surface area contributed by atoms with Gasteiger partial charge in [-0.1, -0.05) is 6.07 Å². The molecule has 0 atom stereocenters. The Balaban J connectivity index is 2.01. The molecule has 2 aromatic rings. The first-order valence-corrected chi connectivity index (χ1v) is 6.24. The zero-order valence-corrected chi connectivity index (χ0v) is 10.9. The van der Waals surface area contributed by atoms with Gasteiger partial charge < -0.3 is 9.72 Å². The third-order valence-corrected chi connectivity index (χ3v) is 3.57. The van der Waals surface area contributed by atoms with E-state index in [1.54, 1.807) is 6.20 Å². The molecule has 5 heteroatoms. The summed E-state index contributed by atoms with van der Waals surface area (Å²) >= 11 is 0. The van der Waals surface area contributed by atoms with E-state index in [1.807, 2.05) is 25.1 Å². The highest BCUT2D eigenvalue weighted by molar-refractivity contribution is 5.85. The number of hydrogen-bond acceptors (Lipinski definition) is 4. The average molecular weight is 257 g/mol. The molecule has 1 aliphatic rings. The van der Waals surface area contributed by atoms with Crippen LogP contribution < -0.4 is 0 Å². The first-order chi connectivity index (χ1) is 9.17. The second-order valence-electron chi connectivity index (χ2n) is 4.85. The van der Waals surface area contributed by atoms with Gasteiger partial charge in [0.15, 0.2) is 0 Å². The Morgan fingerprint density at radius 1 is 1.42 bits per heavy atom. The molecule has 2 aromatic heterocycles. The third-order valence-electron chi connectivity index (χ3n) is 3.57. The summed E-state index contributed by atoms with van der Waals surface area (Å²) in [4.78, 5) is 23.9. The summed E-state index contributed by atoms with van der Waals surface area (Å²) in [7, 11) is 1.41. The molecule has 0 radical (unpaired) electrons. The number of nitrogens with zero attached hydrogens (tertiary/aromatic N) is 2. The topological polar surface area (TPSA) is 67.9 Å². The number of pyridine rings is 1. The van der Waals surface area contributed by atoms with Crippen molar-refractivity contribution < 1.29 is 9.53 Å². The summed E-state index contributed by atoms with van der Waals surface area (Å²) < 4.78 is 4.87. The molecule has 0 aliphatic heterocycles. The van der Waals surface area contributed by atoms with Gasteiger partial charge in [-0.3, -0.25) is 9.78 Å². The Morgan fingerprint density at radius 2 is 2.21 bits per heavy atom. The van der Waals surface area contributed by atoms with E-state index in [-0.39, 0.29) is 5.97 Å². The van der Waals surface area contributed by atoms with Crippen molar-refractivity contribution in [3.8, 4) is 11.4 Å². The number of carbonyl (C=O) groups excluding carboxylic acids is 1. The van der Waals surface area contributed by atoms with Crippen LogP contribution in [0.15, 0.2) is 24.4 Å². The molecule has 0 saturated heterocycles. The van der Waals surface area contributed by atoms with E-state index in [0.29, 0.717) is 5.82 Å². The standard InChI is InChI=1S/C14H15N3O2/c1-9-11(10-5-3-4-8-15-10)17-12(16-9)14(6-7-14)13(18)19-2/h3-5,8H,6-7H2,1-2H3,(H,16,17). The zero-order chi connectivity index (χ0) is 13.5. The second-order valence-corrected chi connectivity index (χ2v) is 4.85. The molecule has 19 heavy (non-hydrogen) atoms. The number of H-pyrrole nitrogens is 1. The molecule has 0 aromatic carbocycles. The van der Waals surface area contributed by atoms with Crippen molar-refractivity contribution in [2.75, 3.05) is 7.11 Å². The Labute approximate surface area is 111 Å². The molecule has 5 nitrogen and oxygen atoms in total. The number of aromatic nitrogens is 3. The van der Waals surface area contributed by atoms with E-state index < -0.39 is 5.41 Å². The summed E-state index contributed by atoms with van der Waals surface area (Å²) in [6, 6.07) is 5.69. The van der Waals surface area contributed by atoms with Gasteiger partial charge in [-0.15, -0.1) is 0 Å². The maximum Gasteiger partial charge on any atom is 0.319 e. The van der Waals surface area contributed by atoms with Crippen LogP contribution in [0.3, 0.4) is 0 Å². The van der Waals surface area contributed by atoms with E-state index in [1.165, 1.54) is 7.11 Å². The largest absolute Gasteiger partial charge is 0.468 e. The van der Waals surface area contributed by atoms with Gasteiger partial charge in [0, 0.05) is 11.9 Å². The first kappa shape index (κ1) is 11.9. The number of rotatable bonds is 3. The monoisotopic (exact) mass is 257 g/mol. The van der Waals surface area contributed by atoms with Gasteiger partial charge in [0.25, 0.3) is 0 Å². The summed E-state index contributed by atoms with van der Waals surface area (Å²) in [5.41, 5.74) is 1.96. The minimum atomic E-state index is -0.563. The van der Waals surface area contributed by atoms with Crippen LogP contribution >= 0.6 is 0 Å². The molecule has 0 spiro atoms. The lowest BCUT2D eigenvalue weighted by atomic mass is 10.1. The van der Waals surface area contributed by atoms with Crippen molar-refractivity contribution in [2.45, 2.75) is 25.2 Å². The van der Waals surface area contributed by atoms with Gasteiger partial charge in [0.2, 0.25) is 0 Å². The number of methoxy groups -OCH3 is 1. The smallest absolute Gasteiger partial charge is 0.319 e. The highest BCUT2D eigenvalue weighted by Gasteiger charge is 2.55. The van der Waals surface area contributed by atoms with Crippen LogP contribution in [-0.4, -0.2) is 28.0 Å². The van der Waals surface area contributed by atoms with E-state index in [9.17, 15) is 4.79 Å². The zero-order valence-electron chi connectivity index (χ0n) is 10.9. The Bertz CT molecular complexity index is 615. The number of imidazole rings is 1. The number of aromatic amines is 1. The van der Waals surface area contributed by atoms with Crippen molar-refractivity contribution >= 4 is 5.97 Å².